The Morgan fingerprint density at radius 3 is 2.60 bits per heavy atom. The fraction of sp³-hybridized carbons (Fsp3) is 1.00. The first-order valence-electron chi connectivity index (χ1n) is 6.36. The largest absolute Gasteiger partial charge is 0.316 e. The van der Waals surface area contributed by atoms with Crippen LogP contribution in [0.25, 0.3) is 0 Å². The van der Waals surface area contributed by atoms with E-state index in [9.17, 15) is 0 Å². The molecule has 0 aromatic carbocycles. The van der Waals surface area contributed by atoms with Gasteiger partial charge in [-0.2, -0.15) is 0 Å². The third kappa shape index (κ3) is 2.92. The molecular weight excluding hydrogens is 186 g/mol. The van der Waals surface area contributed by atoms with E-state index in [1.807, 2.05) is 0 Å². The highest BCUT2D eigenvalue weighted by atomic mass is 15.3. The SMILES string of the molecule is CNC(C)CN1CCN(C2CC2)CC1C. The zero-order valence-corrected chi connectivity index (χ0v) is 10.4. The van der Waals surface area contributed by atoms with Crippen molar-refractivity contribution in [3.8, 4) is 0 Å². The average molecular weight is 211 g/mol. The van der Waals surface area contributed by atoms with Gasteiger partial charge in [0, 0.05) is 44.3 Å². The summed E-state index contributed by atoms with van der Waals surface area (Å²) in [4.78, 5) is 5.31. The van der Waals surface area contributed by atoms with Crippen molar-refractivity contribution in [2.75, 3.05) is 33.2 Å². The van der Waals surface area contributed by atoms with Crippen LogP contribution in [-0.2, 0) is 0 Å². The van der Waals surface area contributed by atoms with Crippen molar-refractivity contribution < 1.29 is 0 Å². The van der Waals surface area contributed by atoms with Crippen molar-refractivity contribution in [1.29, 1.82) is 0 Å². The number of piperazine rings is 1. The summed E-state index contributed by atoms with van der Waals surface area (Å²) in [5.41, 5.74) is 0. The molecule has 2 aliphatic rings. The lowest BCUT2D eigenvalue weighted by molar-refractivity contribution is 0.0729. The van der Waals surface area contributed by atoms with Crippen LogP contribution in [0.4, 0.5) is 0 Å². The molecule has 0 spiro atoms. The fourth-order valence-corrected chi connectivity index (χ4v) is 2.51. The maximum Gasteiger partial charge on any atom is 0.0196 e. The van der Waals surface area contributed by atoms with E-state index in [0.717, 1.165) is 12.1 Å². The minimum absolute atomic E-state index is 0.611. The van der Waals surface area contributed by atoms with Crippen molar-refractivity contribution in [3.63, 3.8) is 0 Å². The Bertz CT molecular complexity index is 203. The van der Waals surface area contributed by atoms with Gasteiger partial charge in [-0.3, -0.25) is 9.80 Å². The normalized spacial score (nSPS) is 31.8. The minimum atomic E-state index is 0.611. The predicted molar refractivity (Wildman–Crippen MR) is 64.2 cm³/mol. The second-order valence-electron chi connectivity index (χ2n) is 5.26. The first-order chi connectivity index (χ1) is 7.20. The number of nitrogens with one attached hydrogen (secondary N) is 1. The summed E-state index contributed by atoms with van der Waals surface area (Å²) in [5, 5.41) is 3.32. The maximum absolute atomic E-state index is 3.32. The van der Waals surface area contributed by atoms with E-state index < -0.39 is 0 Å². The molecule has 2 atom stereocenters. The zero-order valence-electron chi connectivity index (χ0n) is 10.4. The van der Waals surface area contributed by atoms with Crippen molar-refractivity contribution >= 4 is 0 Å². The van der Waals surface area contributed by atoms with Crippen LogP contribution in [0.5, 0.6) is 0 Å². The number of hydrogen-bond acceptors (Lipinski definition) is 3. The van der Waals surface area contributed by atoms with E-state index in [1.54, 1.807) is 0 Å². The standard InChI is InChI=1S/C12H25N3/c1-10(13-3)8-14-6-7-15(9-11(14)2)12-4-5-12/h10-13H,4-9H2,1-3H3. The van der Waals surface area contributed by atoms with Gasteiger partial charge in [0.1, 0.15) is 0 Å². The van der Waals surface area contributed by atoms with Crippen LogP contribution in [0.15, 0.2) is 0 Å². The molecular formula is C12H25N3. The molecule has 1 heterocycles. The van der Waals surface area contributed by atoms with Crippen molar-refractivity contribution in [3.05, 3.63) is 0 Å². The molecule has 0 amide bonds. The quantitative estimate of drug-likeness (QED) is 0.741. The van der Waals surface area contributed by atoms with E-state index in [2.05, 4.69) is 36.0 Å². The van der Waals surface area contributed by atoms with Crippen molar-refractivity contribution in [2.45, 2.75) is 44.8 Å². The summed E-state index contributed by atoms with van der Waals surface area (Å²) in [6.07, 6.45) is 2.89. The monoisotopic (exact) mass is 211 g/mol. The van der Waals surface area contributed by atoms with Crippen LogP contribution in [0, 0.1) is 0 Å². The Hall–Kier alpha value is -0.120. The topological polar surface area (TPSA) is 18.5 Å². The molecule has 1 saturated carbocycles. The van der Waals surface area contributed by atoms with Gasteiger partial charge < -0.3 is 5.32 Å². The fourth-order valence-electron chi connectivity index (χ4n) is 2.51. The van der Waals surface area contributed by atoms with Gasteiger partial charge in [-0.25, -0.2) is 0 Å². The number of rotatable bonds is 4. The molecule has 1 aliphatic heterocycles. The van der Waals surface area contributed by atoms with Gasteiger partial charge in [0.15, 0.2) is 0 Å². The summed E-state index contributed by atoms with van der Waals surface area (Å²) in [6, 6.07) is 2.28. The second-order valence-corrected chi connectivity index (χ2v) is 5.26. The smallest absolute Gasteiger partial charge is 0.0196 e. The van der Waals surface area contributed by atoms with Crippen LogP contribution in [0.2, 0.25) is 0 Å². The number of likely N-dealkylation sites (N-methyl/N-ethyl adjacent to an activating group) is 1. The van der Waals surface area contributed by atoms with Crippen LogP contribution in [-0.4, -0.2) is 61.2 Å². The molecule has 1 saturated heterocycles. The molecule has 0 bridgehead atoms. The highest BCUT2D eigenvalue weighted by Crippen LogP contribution is 2.28. The van der Waals surface area contributed by atoms with Gasteiger partial charge in [0.05, 0.1) is 0 Å². The Balaban J connectivity index is 1.78. The Morgan fingerprint density at radius 2 is 2.07 bits per heavy atom. The van der Waals surface area contributed by atoms with Crippen LogP contribution in [0.1, 0.15) is 26.7 Å². The summed E-state index contributed by atoms with van der Waals surface area (Å²) in [5.74, 6) is 0. The van der Waals surface area contributed by atoms with E-state index in [0.29, 0.717) is 6.04 Å². The molecule has 2 fully saturated rings. The van der Waals surface area contributed by atoms with Gasteiger partial charge in [0.25, 0.3) is 0 Å². The van der Waals surface area contributed by atoms with Gasteiger partial charge in [-0.15, -0.1) is 0 Å². The lowest BCUT2D eigenvalue weighted by atomic mass is 10.1. The van der Waals surface area contributed by atoms with Crippen LogP contribution in [0.3, 0.4) is 0 Å². The lowest BCUT2D eigenvalue weighted by Crippen LogP contribution is -2.55. The predicted octanol–water partition coefficient (Wildman–Crippen LogP) is 0.763. The van der Waals surface area contributed by atoms with E-state index in [1.165, 1.54) is 39.0 Å². The molecule has 0 aromatic rings. The molecule has 0 radical (unpaired) electrons. The van der Waals surface area contributed by atoms with E-state index in [-0.39, 0.29) is 0 Å². The first kappa shape index (κ1) is 11.4. The molecule has 1 aliphatic carbocycles. The first-order valence-corrected chi connectivity index (χ1v) is 6.36. The minimum Gasteiger partial charge on any atom is -0.316 e. The molecule has 3 nitrogen and oxygen atoms in total. The van der Waals surface area contributed by atoms with Gasteiger partial charge in [-0.1, -0.05) is 0 Å². The van der Waals surface area contributed by atoms with Crippen molar-refractivity contribution in [1.82, 2.24) is 15.1 Å². The lowest BCUT2D eigenvalue weighted by Gasteiger charge is -2.41. The highest BCUT2D eigenvalue weighted by Gasteiger charge is 2.33. The molecule has 2 rings (SSSR count). The van der Waals surface area contributed by atoms with Crippen LogP contribution < -0.4 is 5.32 Å². The van der Waals surface area contributed by atoms with Crippen molar-refractivity contribution in [2.24, 2.45) is 0 Å². The number of nitrogens with zero attached hydrogens (tertiary/aromatic N) is 2. The maximum atomic E-state index is 3.32. The Morgan fingerprint density at radius 1 is 1.33 bits per heavy atom. The molecule has 88 valence electrons. The molecule has 2 unspecified atom stereocenters. The van der Waals surface area contributed by atoms with E-state index >= 15 is 0 Å². The van der Waals surface area contributed by atoms with Gasteiger partial charge >= 0.3 is 0 Å². The number of hydrogen-bond donors (Lipinski definition) is 1. The third-order valence-corrected chi connectivity index (χ3v) is 3.86. The molecule has 3 heteroatoms. The summed E-state index contributed by atoms with van der Waals surface area (Å²) in [7, 11) is 2.05. The third-order valence-electron chi connectivity index (χ3n) is 3.86. The molecule has 0 aromatic heterocycles. The Kier molecular flexibility index (Phi) is 3.65. The summed E-state index contributed by atoms with van der Waals surface area (Å²) in [6.45, 7) is 9.64. The van der Waals surface area contributed by atoms with Gasteiger partial charge in [-0.05, 0) is 33.7 Å². The summed E-state index contributed by atoms with van der Waals surface area (Å²) >= 11 is 0. The van der Waals surface area contributed by atoms with Crippen LogP contribution >= 0.6 is 0 Å². The average Bonchev–Trinajstić information content (AvgIpc) is 3.04. The molecule has 15 heavy (non-hydrogen) atoms. The van der Waals surface area contributed by atoms with E-state index in [4.69, 9.17) is 0 Å². The van der Waals surface area contributed by atoms with Gasteiger partial charge in [0.2, 0.25) is 0 Å². The highest BCUT2D eigenvalue weighted by molar-refractivity contribution is 4.90. The second kappa shape index (κ2) is 4.81. The zero-order chi connectivity index (χ0) is 10.8. The molecule has 1 N–H and O–H groups in total. The summed E-state index contributed by atoms with van der Waals surface area (Å²) < 4.78 is 0. The Labute approximate surface area is 93.8 Å².